The molecule has 3 rings (SSSR count). The van der Waals surface area contributed by atoms with Gasteiger partial charge >= 0.3 is 0 Å². The number of para-hydroxylation sites is 1. The van der Waals surface area contributed by atoms with Gasteiger partial charge in [0.25, 0.3) is 0 Å². The molecule has 0 fully saturated rings. The molecule has 1 heterocycles. The third-order valence-corrected chi connectivity index (χ3v) is 4.59. The van der Waals surface area contributed by atoms with Crippen LogP contribution in [0, 0.1) is 0 Å². The Labute approximate surface area is 154 Å². The molecule has 138 valence electrons. The van der Waals surface area contributed by atoms with Gasteiger partial charge in [0.15, 0.2) is 0 Å². The van der Waals surface area contributed by atoms with Crippen LogP contribution in [0.25, 0.3) is 10.9 Å². The van der Waals surface area contributed by atoms with Crippen molar-refractivity contribution in [2.45, 2.75) is 19.4 Å². The summed E-state index contributed by atoms with van der Waals surface area (Å²) in [6.45, 7) is 1.60. The van der Waals surface area contributed by atoms with Gasteiger partial charge < -0.3 is 24.5 Å². The first-order valence-corrected chi connectivity index (χ1v) is 8.81. The van der Waals surface area contributed by atoms with Gasteiger partial charge in [-0.05, 0) is 31.0 Å². The summed E-state index contributed by atoms with van der Waals surface area (Å²) in [7, 11) is 4.96. The predicted octanol–water partition coefficient (Wildman–Crippen LogP) is 3.92. The van der Waals surface area contributed by atoms with Crippen LogP contribution < -0.4 is 19.5 Å². The van der Waals surface area contributed by atoms with Crippen LogP contribution in [0.4, 0.5) is 0 Å². The highest BCUT2D eigenvalue weighted by molar-refractivity contribution is 5.82. The molecule has 0 aliphatic carbocycles. The Kier molecular flexibility index (Phi) is 6.02. The van der Waals surface area contributed by atoms with Crippen molar-refractivity contribution < 1.29 is 14.2 Å². The Hall–Kier alpha value is -2.66. The van der Waals surface area contributed by atoms with Crippen LogP contribution in [0.1, 0.15) is 17.5 Å². The summed E-state index contributed by atoms with van der Waals surface area (Å²) in [4.78, 5) is 3.33. The average molecular weight is 354 g/mol. The van der Waals surface area contributed by atoms with Gasteiger partial charge in [0.05, 0.1) is 26.9 Å². The van der Waals surface area contributed by atoms with Crippen molar-refractivity contribution in [1.29, 1.82) is 0 Å². The van der Waals surface area contributed by atoms with E-state index >= 15 is 0 Å². The van der Waals surface area contributed by atoms with E-state index in [1.807, 2.05) is 12.1 Å². The van der Waals surface area contributed by atoms with Gasteiger partial charge in [0.2, 0.25) is 0 Å². The van der Waals surface area contributed by atoms with Gasteiger partial charge in [-0.25, -0.2) is 0 Å². The van der Waals surface area contributed by atoms with E-state index in [-0.39, 0.29) is 0 Å². The molecule has 0 saturated heterocycles. The van der Waals surface area contributed by atoms with Crippen molar-refractivity contribution in [3.05, 3.63) is 53.7 Å². The van der Waals surface area contributed by atoms with E-state index in [0.717, 1.165) is 42.2 Å². The zero-order valence-corrected chi connectivity index (χ0v) is 15.6. The Morgan fingerprint density at radius 2 is 1.69 bits per heavy atom. The Balaban J connectivity index is 1.56. The number of hydrogen-bond donors (Lipinski definition) is 2. The Morgan fingerprint density at radius 3 is 2.38 bits per heavy atom. The molecule has 0 bridgehead atoms. The first-order chi connectivity index (χ1) is 12.8. The minimum atomic E-state index is 0.685. The number of methoxy groups -OCH3 is 3. The molecule has 0 atom stereocenters. The van der Waals surface area contributed by atoms with Crippen molar-refractivity contribution >= 4 is 10.9 Å². The highest BCUT2D eigenvalue weighted by Crippen LogP contribution is 2.33. The molecule has 2 N–H and O–H groups in total. The maximum absolute atomic E-state index is 5.49. The molecule has 0 aliphatic heterocycles. The number of aromatic amines is 1. The minimum absolute atomic E-state index is 0.685. The molecule has 3 aromatic rings. The van der Waals surface area contributed by atoms with E-state index < -0.39 is 0 Å². The SMILES string of the molecule is COc1cc(OC)c(CNCCCc2c[nH]c3ccccc23)c(OC)c1. The van der Waals surface area contributed by atoms with E-state index in [1.165, 1.54) is 16.5 Å². The molecule has 0 amide bonds. The zero-order valence-electron chi connectivity index (χ0n) is 15.6. The molecule has 0 aliphatic rings. The quantitative estimate of drug-likeness (QED) is 0.572. The molecule has 0 spiro atoms. The number of aromatic nitrogens is 1. The summed E-state index contributed by atoms with van der Waals surface area (Å²) in [6, 6.07) is 12.2. The fraction of sp³-hybridized carbons (Fsp3) is 0.333. The van der Waals surface area contributed by atoms with Crippen LogP contribution in [0.3, 0.4) is 0 Å². The number of nitrogens with one attached hydrogen (secondary N) is 2. The number of rotatable bonds is 9. The van der Waals surface area contributed by atoms with E-state index in [0.29, 0.717) is 6.54 Å². The summed E-state index contributed by atoms with van der Waals surface area (Å²) in [5.74, 6) is 2.26. The number of aryl methyl sites for hydroxylation is 1. The van der Waals surface area contributed by atoms with Gasteiger partial charge in [-0.1, -0.05) is 18.2 Å². The largest absolute Gasteiger partial charge is 0.496 e. The lowest BCUT2D eigenvalue weighted by molar-refractivity contribution is 0.366. The molecule has 5 nitrogen and oxygen atoms in total. The van der Waals surface area contributed by atoms with Crippen molar-refractivity contribution in [3.8, 4) is 17.2 Å². The lowest BCUT2D eigenvalue weighted by Gasteiger charge is -2.15. The number of hydrogen-bond acceptors (Lipinski definition) is 4. The second kappa shape index (κ2) is 8.63. The fourth-order valence-corrected chi connectivity index (χ4v) is 3.21. The van der Waals surface area contributed by atoms with Crippen molar-refractivity contribution in [3.63, 3.8) is 0 Å². The predicted molar refractivity (Wildman–Crippen MR) is 104 cm³/mol. The van der Waals surface area contributed by atoms with Crippen molar-refractivity contribution in [2.24, 2.45) is 0 Å². The van der Waals surface area contributed by atoms with Crippen LogP contribution in [-0.4, -0.2) is 32.9 Å². The van der Waals surface area contributed by atoms with Crippen LogP contribution in [0.2, 0.25) is 0 Å². The summed E-state index contributed by atoms with van der Waals surface area (Å²) >= 11 is 0. The number of H-pyrrole nitrogens is 1. The third kappa shape index (κ3) is 3.94. The van der Waals surface area contributed by atoms with Gasteiger partial charge in [-0.2, -0.15) is 0 Å². The molecule has 2 aromatic carbocycles. The monoisotopic (exact) mass is 354 g/mol. The van der Waals surface area contributed by atoms with E-state index in [1.54, 1.807) is 21.3 Å². The van der Waals surface area contributed by atoms with Crippen LogP contribution >= 0.6 is 0 Å². The van der Waals surface area contributed by atoms with Gasteiger partial charge in [0.1, 0.15) is 17.2 Å². The lowest BCUT2D eigenvalue weighted by atomic mass is 10.1. The van der Waals surface area contributed by atoms with Crippen LogP contribution in [0.5, 0.6) is 17.2 Å². The maximum atomic E-state index is 5.49. The molecule has 5 heteroatoms. The standard InChI is InChI=1S/C21H26N2O3/c1-24-16-11-20(25-2)18(21(12-16)26-3)14-22-10-6-7-15-13-23-19-9-5-4-8-17(15)19/h4-5,8-9,11-13,22-23H,6-7,10,14H2,1-3H3. The third-order valence-electron chi connectivity index (χ3n) is 4.59. The number of benzene rings is 2. The highest BCUT2D eigenvalue weighted by atomic mass is 16.5. The molecule has 0 radical (unpaired) electrons. The number of ether oxygens (including phenoxy) is 3. The normalized spacial score (nSPS) is 10.9. The van der Waals surface area contributed by atoms with Gasteiger partial charge in [0, 0.05) is 35.8 Å². The second-order valence-corrected chi connectivity index (χ2v) is 6.15. The first kappa shape index (κ1) is 18.1. The van der Waals surface area contributed by atoms with E-state index in [4.69, 9.17) is 14.2 Å². The fourth-order valence-electron chi connectivity index (χ4n) is 3.21. The topological polar surface area (TPSA) is 55.5 Å². The summed E-state index contributed by atoms with van der Waals surface area (Å²) in [5, 5.41) is 4.80. The highest BCUT2D eigenvalue weighted by Gasteiger charge is 2.12. The zero-order chi connectivity index (χ0) is 18.4. The summed E-state index contributed by atoms with van der Waals surface area (Å²) in [6.07, 6.45) is 4.21. The van der Waals surface area contributed by atoms with E-state index in [9.17, 15) is 0 Å². The van der Waals surface area contributed by atoms with Gasteiger partial charge in [-0.3, -0.25) is 0 Å². The molecular weight excluding hydrogens is 328 g/mol. The molecule has 1 aromatic heterocycles. The Bertz CT molecular complexity index is 832. The number of fused-ring (bicyclic) bond motifs is 1. The van der Waals surface area contributed by atoms with Crippen molar-refractivity contribution in [2.75, 3.05) is 27.9 Å². The van der Waals surface area contributed by atoms with Crippen molar-refractivity contribution in [1.82, 2.24) is 10.3 Å². The molecule has 0 unspecified atom stereocenters. The first-order valence-electron chi connectivity index (χ1n) is 8.81. The molecule has 0 saturated carbocycles. The van der Waals surface area contributed by atoms with E-state index in [2.05, 4.69) is 40.8 Å². The summed E-state index contributed by atoms with van der Waals surface area (Å²) < 4.78 is 16.3. The van der Waals surface area contributed by atoms with Crippen LogP contribution in [0.15, 0.2) is 42.6 Å². The smallest absolute Gasteiger partial charge is 0.130 e. The minimum Gasteiger partial charge on any atom is -0.496 e. The second-order valence-electron chi connectivity index (χ2n) is 6.15. The lowest BCUT2D eigenvalue weighted by Crippen LogP contribution is -2.16. The molecule has 26 heavy (non-hydrogen) atoms. The van der Waals surface area contributed by atoms with Gasteiger partial charge in [-0.15, -0.1) is 0 Å². The maximum Gasteiger partial charge on any atom is 0.130 e. The summed E-state index contributed by atoms with van der Waals surface area (Å²) in [5.41, 5.74) is 3.56. The average Bonchev–Trinajstić information content (AvgIpc) is 3.10. The Morgan fingerprint density at radius 1 is 0.962 bits per heavy atom. The van der Waals surface area contributed by atoms with Crippen LogP contribution in [-0.2, 0) is 13.0 Å². The molecular formula is C21H26N2O3.